The Morgan fingerprint density at radius 1 is 1.38 bits per heavy atom. The second kappa shape index (κ2) is 6.52. The van der Waals surface area contributed by atoms with Crippen LogP contribution in [0.15, 0.2) is 36.8 Å². The number of alkyl halides is 1. The Hall–Kier alpha value is -3.53. The van der Waals surface area contributed by atoms with Gasteiger partial charge in [-0.1, -0.05) is 0 Å². The molecule has 0 aliphatic carbocycles. The van der Waals surface area contributed by atoms with E-state index in [4.69, 9.17) is 4.74 Å². The molecule has 29 heavy (non-hydrogen) atoms. The standard InChI is InChI=1S/C19H17FN6O3/c1-21-16-5-14(24-18-11(19(27)28)6-23-26(16)18)12-7-25(15-9-29-8-13(15)20)17-10(12)3-2-4-22-17/h2-7,13,15,21H,8-9H2,1H3,(H,27,28)/t13-,15+/m1/s1. The van der Waals surface area contributed by atoms with Gasteiger partial charge in [0.2, 0.25) is 0 Å². The van der Waals surface area contributed by atoms with Crippen molar-refractivity contribution in [3.8, 4) is 11.3 Å². The molecule has 0 saturated carbocycles. The Bertz CT molecular complexity index is 1250. The van der Waals surface area contributed by atoms with Crippen molar-refractivity contribution in [3.05, 3.63) is 42.4 Å². The van der Waals surface area contributed by atoms with Gasteiger partial charge in [-0.2, -0.15) is 9.61 Å². The highest BCUT2D eigenvalue weighted by molar-refractivity contribution is 5.97. The lowest BCUT2D eigenvalue weighted by Gasteiger charge is -2.13. The summed E-state index contributed by atoms with van der Waals surface area (Å²) < 4.78 is 22.9. The zero-order valence-corrected chi connectivity index (χ0v) is 15.4. The van der Waals surface area contributed by atoms with E-state index < -0.39 is 18.2 Å². The van der Waals surface area contributed by atoms with E-state index in [0.29, 0.717) is 17.2 Å². The Labute approximate surface area is 163 Å². The van der Waals surface area contributed by atoms with Crippen LogP contribution in [0.3, 0.4) is 0 Å². The fraction of sp³-hybridized carbons (Fsp3) is 0.263. The monoisotopic (exact) mass is 396 g/mol. The van der Waals surface area contributed by atoms with E-state index >= 15 is 0 Å². The average molecular weight is 396 g/mol. The van der Waals surface area contributed by atoms with Crippen LogP contribution in [-0.2, 0) is 4.74 Å². The van der Waals surface area contributed by atoms with Gasteiger partial charge in [0, 0.05) is 36.5 Å². The van der Waals surface area contributed by atoms with Crippen molar-refractivity contribution in [3.63, 3.8) is 0 Å². The minimum atomic E-state index is -1.13. The minimum Gasteiger partial charge on any atom is -0.477 e. The lowest BCUT2D eigenvalue weighted by atomic mass is 10.1. The number of nitrogens with one attached hydrogen (secondary N) is 1. The molecule has 1 fully saturated rings. The van der Waals surface area contributed by atoms with Crippen LogP contribution >= 0.6 is 0 Å². The van der Waals surface area contributed by atoms with Crippen molar-refractivity contribution in [2.24, 2.45) is 0 Å². The highest BCUT2D eigenvalue weighted by Gasteiger charge is 2.31. The Morgan fingerprint density at radius 2 is 2.24 bits per heavy atom. The number of hydrogen-bond acceptors (Lipinski definition) is 6. The van der Waals surface area contributed by atoms with E-state index in [1.54, 1.807) is 36.1 Å². The van der Waals surface area contributed by atoms with Gasteiger partial charge in [0.05, 0.1) is 31.1 Å². The van der Waals surface area contributed by atoms with Gasteiger partial charge in [-0.15, -0.1) is 0 Å². The number of nitrogens with zero attached hydrogens (tertiary/aromatic N) is 5. The van der Waals surface area contributed by atoms with Crippen LogP contribution in [-0.4, -0.2) is 61.7 Å². The highest BCUT2D eigenvalue weighted by atomic mass is 19.1. The van der Waals surface area contributed by atoms with Crippen molar-refractivity contribution in [1.29, 1.82) is 0 Å². The van der Waals surface area contributed by atoms with Crippen LogP contribution in [0.25, 0.3) is 27.9 Å². The molecule has 148 valence electrons. The van der Waals surface area contributed by atoms with Crippen molar-refractivity contribution in [2.75, 3.05) is 25.6 Å². The molecule has 0 aromatic carbocycles. The fourth-order valence-corrected chi connectivity index (χ4v) is 3.74. The van der Waals surface area contributed by atoms with E-state index in [-0.39, 0.29) is 24.4 Å². The lowest BCUT2D eigenvalue weighted by Crippen LogP contribution is -2.18. The third-order valence-electron chi connectivity index (χ3n) is 5.16. The normalized spacial score (nSPS) is 19.2. The topological polar surface area (TPSA) is 107 Å². The molecule has 0 unspecified atom stereocenters. The Morgan fingerprint density at radius 3 is 2.97 bits per heavy atom. The second-order valence-corrected chi connectivity index (χ2v) is 6.82. The third kappa shape index (κ3) is 2.64. The lowest BCUT2D eigenvalue weighted by molar-refractivity contribution is 0.0698. The van der Waals surface area contributed by atoms with E-state index in [1.165, 1.54) is 10.7 Å². The molecular formula is C19H17FN6O3. The summed E-state index contributed by atoms with van der Waals surface area (Å²) in [5, 5.41) is 17.4. The number of rotatable bonds is 4. The first-order valence-electron chi connectivity index (χ1n) is 9.06. The molecule has 2 atom stereocenters. The summed E-state index contributed by atoms with van der Waals surface area (Å²) in [5.74, 6) is -0.533. The van der Waals surface area contributed by atoms with Gasteiger partial charge in [-0.05, 0) is 12.1 Å². The van der Waals surface area contributed by atoms with Crippen LogP contribution in [0.2, 0.25) is 0 Å². The maximum atomic E-state index is 14.4. The molecular weight excluding hydrogens is 379 g/mol. The predicted octanol–water partition coefficient (Wildman–Crippen LogP) is 2.40. The average Bonchev–Trinajstić information content (AvgIpc) is 3.43. The number of anilines is 1. The first-order valence-corrected chi connectivity index (χ1v) is 9.06. The Kier molecular flexibility index (Phi) is 3.95. The van der Waals surface area contributed by atoms with Crippen molar-refractivity contribution in [1.82, 2.24) is 24.1 Å². The molecule has 1 aliphatic heterocycles. The minimum absolute atomic E-state index is 0.00164. The largest absolute Gasteiger partial charge is 0.477 e. The van der Waals surface area contributed by atoms with Gasteiger partial charge in [0.15, 0.2) is 5.65 Å². The van der Waals surface area contributed by atoms with E-state index in [1.807, 2.05) is 6.07 Å². The number of aromatic carboxylic acids is 1. The SMILES string of the molecule is CNc1cc(-c2cn([C@H]3COC[C@H]3F)c3ncccc23)nc2c(C(=O)O)cnn12. The Balaban J connectivity index is 1.77. The van der Waals surface area contributed by atoms with Gasteiger partial charge < -0.3 is 19.7 Å². The molecule has 1 aliphatic rings. The number of fused-ring (bicyclic) bond motifs is 2. The molecule has 0 bridgehead atoms. The predicted molar refractivity (Wildman–Crippen MR) is 103 cm³/mol. The molecule has 4 aromatic rings. The van der Waals surface area contributed by atoms with Crippen LogP contribution in [0.1, 0.15) is 16.4 Å². The summed E-state index contributed by atoms with van der Waals surface area (Å²) in [4.78, 5) is 20.6. The first-order chi connectivity index (χ1) is 14.1. The highest BCUT2D eigenvalue weighted by Crippen LogP contribution is 2.35. The summed E-state index contributed by atoms with van der Waals surface area (Å²) in [6.45, 7) is 0.319. The summed E-state index contributed by atoms with van der Waals surface area (Å²) in [6, 6.07) is 4.98. The number of carboxylic acids is 1. The molecule has 0 amide bonds. The number of carbonyl (C=O) groups is 1. The number of ether oxygens (including phenoxy) is 1. The fourth-order valence-electron chi connectivity index (χ4n) is 3.74. The van der Waals surface area contributed by atoms with Crippen molar-refractivity contribution in [2.45, 2.75) is 12.2 Å². The molecule has 1 saturated heterocycles. The van der Waals surface area contributed by atoms with Crippen LogP contribution < -0.4 is 5.32 Å². The summed E-state index contributed by atoms with van der Waals surface area (Å²) >= 11 is 0. The first kappa shape index (κ1) is 17.6. The zero-order chi connectivity index (χ0) is 20.1. The summed E-state index contributed by atoms with van der Waals surface area (Å²) in [7, 11) is 1.72. The van der Waals surface area contributed by atoms with Crippen LogP contribution in [0, 0.1) is 0 Å². The maximum absolute atomic E-state index is 14.4. The molecule has 4 aromatic heterocycles. The molecule has 5 rings (SSSR count). The molecule has 0 spiro atoms. The van der Waals surface area contributed by atoms with Gasteiger partial charge >= 0.3 is 5.97 Å². The van der Waals surface area contributed by atoms with Gasteiger partial charge in [-0.25, -0.2) is 19.2 Å². The number of carboxylic acid groups (broad SMARTS) is 1. The number of aromatic nitrogens is 5. The number of halogens is 1. The maximum Gasteiger partial charge on any atom is 0.341 e. The molecule has 2 N–H and O–H groups in total. The quantitative estimate of drug-likeness (QED) is 0.545. The molecule has 9 nitrogen and oxygen atoms in total. The molecule has 5 heterocycles. The van der Waals surface area contributed by atoms with Crippen molar-refractivity contribution < 1.29 is 19.0 Å². The molecule has 0 radical (unpaired) electrons. The van der Waals surface area contributed by atoms with Crippen LogP contribution in [0.5, 0.6) is 0 Å². The van der Waals surface area contributed by atoms with Crippen LogP contribution in [0.4, 0.5) is 10.2 Å². The van der Waals surface area contributed by atoms with E-state index in [9.17, 15) is 14.3 Å². The second-order valence-electron chi connectivity index (χ2n) is 6.82. The van der Waals surface area contributed by atoms with E-state index in [0.717, 1.165) is 10.9 Å². The van der Waals surface area contributed by atoms with Gasteiger partial charge in [0.1, 0.15) is 23.2 Å². The zero-order valence-electron chi connectivity index (χ0n) is 15.4. The number of pyridine rings is 1. The number of hydrogen-bond donors (Lipinski definition) is 2. The summed E-state index contributed by atoms with van der Waals surface area (Å²) in [5.41, 5.74) is 2.11. The van der Waals surface area contributed by atoms with Gasteiger partial charge in [0.25, 0.3) is 0 Å². The summed E-state index contributed by atoms with van der Waals surface area (Å²) in [6.07, 6.45) is 3.60. The van der Waals surface area contributed by atoms with E-state index in [2.05, 4.69) is 20.4 Å². The van der Waals surface area contributed by atoms with Gasteiger partial charge in [-0.3, -0.25) is 0 Å². The molecule has 10 heteroatoms. The van der Waals surface area contributed by atoms with Crippen molar-refractivity contribution >= 4 is 28.5 Å². The smallest absolute Gasteiger partial charge is 0.341 e. The third-order valence-corrected chi connectivity index (χ3v) is 5.16.